The molecule has 0 aromatic rings. The van der Waals surface area contributed by atoms with Crippen molar-refractivity contribution in [1.29, 1.82) is 0 Å². The lowest BCUT2D eigenvalue weighted by Gasteiger charge is -2.18. The number of ether oxygens (including phenoxy) is 2. The van der Waals surface area contributed by atoms with E-state index >= 15 is 0 Å². The van der Waals surface area contributed by atoms with Crippen LogP contribution in [0.25, 0.3) is 0 Å². The van der Waals surface area contributed by atoms with E-state index in [1.165, 1.54) is 12.8 Å². The van der Waals surface area contributed by atoms with Gasteiger partial charge in [0.05, 0.1) is 12.7 Å². The number of unbranched alkanes of at least 4 members (excludes halogenated alkanes) is 7. The van der Waals surface area contributed by atoms with Crippen molar-refractivity contribution in [3.63, 3.8) is 0 Å². The quantitative estimate of drug-likeness (QED) is 0.0211. The Kier molecular flexibility index (Phi) is 31.7. The topological polar surface area (TPSA) is 140 Å². The molecule has 278 valence electrons. The van der Waals surface area contributed by atoms with E-state index in [2.05, 4.69) is 48.8 Å². The molecule has 1 unspecified atom stereocenters. The molecule has 0 fully saturated rings. The van der Waals surface area contributed by atoms with E-state index in [9.17, 15) is 19.3 Å². The van der Waals surface area contributed by atoms with E-state index in [0.717, 1.165) is 57.8 Å². The van der Waals surface area contributed by atoms with Gasteiger partial charge >= 0.3 is 19.8 Å². The lowest BCUT2D eigenvalue weighted by Crippen LogP contribution is -2.29. The minimum atomic E-state index is -4.78. The minimum absolute atomic E-state index is 0.0649. The first-order chi connectivity index (χ1) is 23.7. The Morgan fingerprint density at radius 2 is 1.27 bits per heavy atom. The van der Waals surface area contributed by atoms with E-state index in [1.54, 1.807) is 6.08 Å². The highest BCUT2D eigenvalue weighted by Crippen LogP contribution is 2.35. The number of phosphoric acid groups is 1. The van der Waals surface area contributed by atoms with Gasteiger partial charge in [0.15, 0.2) is 6.10 Å². The molecule has 3 N–H and O–H groups in total. The molecule has 0 aliphatic heterocycles. The van der Waals surface area contributed by atoms with Crippen LogP contribution in [0.15, 0.2) is 85.1 Å². The average molecular weight is 707 g/mol. The van der Waals surface area contributed by atoms with Crippen molar-refractivity contribution in [2.45, 2.75) is 135 Å². The fraction of sp³-hybridized carbons (Fsp3) is 0.590. The summed E-state index contributed by atoms with van der Waals surface area (Å²) in [7, 11) is -4.78. The van der Waals surface area contributed by atoms with Crippen LogP contribution >= 0.6 is 7.82 Å². The highest BCUT2D eigenvalue weighted by molar-refractivity contribution is 7.46. The number of esters is 2. The Bertz CT molecular complexity index is 1080. The Morgan fingerprint density at radius 3 is 1.94 bits per heavy atom. The SMILES string of the molecule is CC/C=C\CC(O)/C=C/C=C/C/C=C\C/C=C\C/C=C\CCC(=O)O[C@H](COC(=O)CCCCCCC/C=C\CCCC)COP(=O)(O)O. The van der Waals surface area contributed by atoms with Crippen LogP contribution in [0, 0.1) is 0 Å². The van der Waals surface area contributed by atoms with Crippen molar-refractivity contribution in [2.24, 2.45) is 0 Å². The van der Waals surface area contributed by atoms with Gasteiger partial charge in [-0.25, -0.2) is 4.57 Å². The minimum Gasteiger partial charge on any atom is -0.462 e. The predicted octanol–water partition coefficient (Wildman–Crippen LogP) is 9.48. The van der Waals surface area contributed by atoms with Crippen molar-refractivity contribution in [1.82, 2.24) is 0 Å². The Hall–Kier alpha value is -2.81. The van der Waals surface area contributed by atoms with Crippen molar-refractivity contribution >= 4 is 19.8 Å². The first kappa shape index (κ1) is 46.2. The standard InChI is InChI=1S/C39H63O9P/c1-3-5-7-8-9-10-14-18-21-24-28-32-38(41)46-34-37(35-47-49(43,44)45)48-39(42)33-29-25-22-19-16-13-11-12-15-17-20-23-27-31-36(40)30-26-6-4-2/h6,8-9,12-13,15-16,20,22-23,25-27,31,36-37,40H,3-5,7,10-11,14,17-19,21,24,28-30,32-35H2,1-2H3,(H2,43,44,45)/b9-8-,15-12-,16-13-,23-20+,25-22-,26-6-,31-27+/t36?,37-/m1/s1. The third-order valence-corrected chi connectivity index (χ3v) is 7.48. The molecule has 0 spiro atoms. The summed E-state index contributed by atoms with van der Waals surface area (Å²) in [5.41, 5.74) is 0. The summed E-state index contributed by atoms with van der Waals surface area (Å²) in [6.07, 6.45) is 40.8. The lowest BCUT2D eigenvalue weighted by atomic mass is 10.1. The number of aliphatic hydroxyl groups is 1. The van der Waals surface area contributed by atoms with Gasteiger partial charge in [-0.3, -0.25) is 14.1 Å². The second-order valence-electron chi connectivity index (χ2n) is 11.7. The first-order valence-corrected chi connectivity index (χ1v) is 19.5. The van der Waals surface area contributed by atoms with Crippen LogP contribution < -0.4 is 0 Å². The highest BCUT2D eigenvalue weighted by Gasteiger charge is 2.22. The third kappa shape index (κ3) is 36.3. The van der Waals surface area contributed by atoms with Gasteiger partial charge in [0, 0.05) is 12.8 Å². The molecule has 0 rings (SSSR count). The van der Waals surface area contributed by atoms with Crippen LogP contribution in [0.5, 0.6) is 0 Å². The molecule has 0 heterocycles. The first-order valence-electron chi connectivity index (χ1n) is 18.0. The molecular formula is C39H63O9P. The number of rotatable bonds is 31. The zero-order chi connectivity index (χ0) is 36.3. The summed E-state index contributed by atoms with van der Waals surface area (Å²) in [6.45, 7) is 3.33. The number of hydrogen-bond acceptors (Lipinski definition) is 7. The van der Waals surface area contributed by atoms with Crippen molar-refractivity contribution < 1.29 is 43.0 Å². The number of phosphoric ester groups is 1. The Morgan fingerprint density at radius 1 is 0.653 bits per heavy atom. The number of allylic oxidation sites excluding steroid dienone is 12. The van der Waals surface area contributed by atoms with Crippen molar-refractivity contribution in [3.05, 3.63) is 85.1 Å². The molecule has 49 heavy (non-hydrogen) atoms. The maximum Gasteiger partial charge on any atom is 0.469 e. The van der Waals surface area contributed by atoms with Gasteiger partial charge in [-0.2, -0.15) is 0 Å². The molecule has 0 amide bonds. The molecule has 0 aromatic heterocycles. The van der Waals surface area contributed by atoms with Gasteiger partial charge < -0.3 is 24.4 Å². The largest absolute Gasteiger partial charge is 0.469 e. The van der Waals surface area contributed by atoms with Crippen LogP contribution in [0.3, 0.4) is 0 Å². The van der Waals surface area contributed by atoms with Crippen LogP contribution in [-0.2, 0) is 28.2 Å². The lowest BCUT2D eigenvalue weighted by molar-refractivity contribution is -0.161. The van der Waals surface area contributed by atoms with E-state index in [-0.39, 0.29) is 19.4 Å². The van der Waals surface area contributed by atoms with Crippen LogP contribution in [0.4, 0.5) is 0 Å². The molecule has 0 saturated heterocycles. The van der Waals surface area contributed by atoms with E-state index < -0.39 is 38.6 Å². The maximum atomic E-state index is 12.3. The van der Waals surface area contributed by atoms with Crippen LogP contribution in [-0.4, -0.2) is 52.3 Å². The molecule has 0 bridgehead atoms. The number of carbonyl (C=O) groups excluding carboxylic acids is 2. The van der Waals surface area contributed by atoms with Crippen LogP contribution in [0.2, 0.25) is 0 Å². The Labute approximate surface area is 295 Å². The highest BCUT2D eigenvalue weighted by atomic mass is 31.2. The monoisotopic (exact) mass is 706 g/mol. The molecule has 2 atom stereocenters. The van der Waals surface area contributed by atoms with Gasteiger partial charge in [-0.15, -0.1) is 0 Å². The van der Waals surface area contributed by atoms with Gasteiger partial charge in [0.2, 0.25) is 0 Å². The maximum absolute atomic E-state index is 12.3. The summed E-state index contributed by atoms with van der Waals surface area (Å²) in [4.78, 5) is 42.6. The van der Waals surface area contributed by atoms with E-state index in [4.69, 9.17) is 19.3 Å². The van der Waals surface area contributed by atoms with Crippen molar-refractivity contribution in [2.75, 3.05) is 13.2 Å². The van der Waals surface area contributed by atoms with Gasteiger partial charge in [-0.1, -0.05) is 131 Å². The summed E-state index contributed by atoms with van der Waals surface area (Å²) < 4.78 is 26.1. The molecule has 0 aliphatic rings. The fourth-order valence-electron chi connectivity index (χ4n) is 4.29. The summed E-state index contributed by atoms with van der Waals surface area (Å²) in [6, 6.07) is 0. The van der Waals surface area contributed by atoms with Gasteiger partial charge in [-0.05, 0) is 64.2 Å². The molecule has 0 saturated carbocycles. The van der Waals surface area contributed by atoms with Gasteiger partial charge in [0.1, 0.15) is 6.61 Å². The summed E-state index contributed by atoms with van der Waals surface area (Å²) >= 11 is 0. The number of hydrogen-bond donors (Lipinski definition) is 3. The Balaban J connectivity index is 4.21. The average Bonchev–Trinajstić information content (AvgIpc) is 3.06. The normalized spacial score (nSPS) is 14.1. The molecule has 0 radical (unpaired) electrons. The summed E-state index contributed by atoms with van der Waals surface area (Å²) in [5.74, 6) is -1.03. The van der Waals surface area contributed by atoms with Crippen LogP contribution in [0.1, 0.15) is 123 Å². The molecule has 9 nitrogen and oxygen atoms in total. The van der Waals surface area contributed by atoms with E-state index in [1.807, 2.05) is 48.6 Å². The number of carbonyl (C=O) groups is 2. The molecule has 0 aromatic carbocycles. The molecule has 10 heteroatoms. The van der Waals surface area contributed by atoms with Gasteiger partial charge in [0.25, 0.3) is 0 Å². The fourth-order valence-corrected chi connectivity index (χ4v) is 4.65. The molecular weight excluding hydrogens is 643 g/mol. The second kappa shape index (κ2) is 33.7. The smallest absolute Gasteiger partial charge is 0.462 e. The summed E-state index contributed by atoms with van der Waals surface area (Å²) in [5, 5.41) is 9.80. The zero-order valence-electron chi connectivity index (χ0n) is 29.9. The number of aliphatic hydroxyl groups excluding tert-OH is 1. The third-order valence-electron chi connectivity index (χ3n) is 6.99. The molecule has 0 aliphatic carbocycles. The van der Waals surface area contributed by atoms with Crippen molar-refractivity contribution in [3.8, 4) is 0 Å². The second-order valence-corrected chi connectivity index (χ2v) is 12.9. The van der Waals surface area contributed by atoms with E-state index in [0.29, 0.717) is 25.7 Å². The predicted molar refractivity (Wildman–Crippen MR) is 199 cm³/mol. The zero-order valence-corrected chi connectivity index (χ0v) is 30.8.